The molecular formula is C22H36N4O5S. The number of carbonyl (C=O) groups excluding carboxylic acids is 1. The monoisotopic (exact) mass is 468 g/mol. The van der Waals surface area contributed by atoms with E-state index in [-0.39, 0.29) is 18.0 Å². The first kappa shape index (κ1) is 24.8. The standard InChI is InChI=1S/C22H36N4O5S/c1-17(22(27)23-18-10-11-20(30-3)21(16-18)31-4)25-12-14-26(15-13-25)32(28,29)24(2)19-8-6-5-7-9-19/h10-11,16-17,19H,5-9,12-15H2,1-4H3,(H,23,27). The van der Waals surface area contributed by atoms with Gasteiger partial charge in [-0.05, 0) is 31.9 Å². The molecule has 1 aromatic carbocycles. The van der Waals surface area contributed by atoms with Gasteiger partial charge in [-0.2, -0.15) is 17.0 Å². The van der Waals surface area contributed by atoms with Gasteiger partial charge in [-0.1, -0.05) is 19.3 Å². The molecule has 3 rings (SSSR count). The van der Waals surface area contributed by atoms with Crippen LogP contribution in [0, 0.1) is 0 Å². The first-order chi connectivity index (χ1) is 15.3. The van der Waals surface area contributed by atoms with E-state index in [1.807, 2.05) is 11.8 Å². The molecule has 0 radical (unpaired) electrons. The molecular weight excluding hydrogens is 432 g/mol. The van der Waals surface area contributed by atoms with Gasteiger partial charge < -0.3 is 14.8 Å². The van der Waals surface area contributed by atoms with Crippen molar-refractivity contribution in [1.29, 1.82) is 0 Å². The van der Waals surface area contributed by atoms with Crippen LogP contribution in [0.3, 0.4) is 0 Å². The summed E-state index contributed by atoms with van der Waals surface area (Å²) >= 11 is 0. The van der Waals surface area contributed by atoms with E-state index in [0.717, 1.165) is 25.7 Å². The maximum Gasteiger partial charge on any atom is 0.282 e. The summed E-state index contributed by atoms with van der Waals surface area (Å²) in [5, 5.41) is 2.91. The molecule has 1 amide bonds. The number of hydrogen-bond acceptors (Lipinski definition) is 6. The van der Waals surface area contributed by atoms with Gasteiger partial charge in [0.05, 0.1) is 20.3 Å². The molecule has 9 nitrogen and oxygen atoms in total. The Morgan fingerprint density at radius 3 is 2.28 bits per heavy atom. The molecule has 1 saturated heterocycles. The molecule has 1 atom stereocenters. The summed E-state index contributed by atoms with van der Waals surface area (Å²) in [4.78, 5) is 14.8. The van der Waals surface area contributed by atoms with Crippen molar-refractivity contribution >= 4 is 21.8 Å². The predicted molar refractivity (Wildman–Crippen MR) is 124 cm³/mol. The van der Waals surface area contributed by atoms with Crippen molar-refractivity contribution < 1.29 is 22.7 Å². The second kappa shape index (κ2) is 10.8. The van der Waals surface area contributed by atoms with E-state index in [0.29, 0.717) is 43.4 Å². The van der Waals surface area contributed by atoms with Crippen LogP contribution >= 0.6 is 0 Å². The topological polar surface area (TPSA) is 91.4 Å². The van der Waals surface area contributed by atoms with Crippen molar-refractivity contribution in [2.24, 2.45) is 0 Å². The Morgan fingerprint density at radius 1 is 1.06 bits per heavy atom. The highest BCUT2D eigenvalue weighted by molar-refractivity contribution is 7.86. The Hall–Kier alpha value is -1.88. The van der Waals surface area contributed by atoms with E-state index in [1.54, 1.807) is 48.1 Å². The third-order valence-corrected chi connectivity index (χ3v) is 8.67. The largest absolute Gasteiger partial charge is 0.493 e. The fourth-order valence-corrected chi connectivity index (χ4v) is 6.04. The predicted octanol–water partition coefficient (Wildman–Crippen LogP) is 2.16. The minimum absolute atomic E-state index is 0.0953. The molecule has 1 unspecified atom stereocenters. The Bertz CT molecular complexity index is 880. The number of nitrogens with zero attached hydrogens (tertiary/aromatic N) is 3. The average Bonchev–Trinajstić information content (AvgIpc) is 2.83. The van der Waals surface area contributed by atoms with Gasteiger partial charge in [-0.25, -0.2) is 0 Å². The van der Waals surface area contributed by atoms with Gasteiger partial charge >= 0.3 is 0 Å². The zero-order chi connectivity index (χ0) is 23.3. The van der Waals surface area contributed by atoms with Crippen LogP contribution in [-0.4, -0.2) is 87.4 Å². The van der Waals surface area contributed by atoms with Crippen LogP contribution in [-0.2, 0) is 15.0 Å². The number of piperazine rings is 1. The van der Waals surface area contributed by atoms with E-state index in [2.05, 4.69) is 5.32 Å². The molecule has 180 valence electrons. The number of rotatable bonds is 8. The average molecular weight is 469 g/mol. The third-order valence-electron chi connectivity index (χ3n) is 6.63. The van der Waals surface area contributed by atoms with E-state index in [4.69, 9.17) is 9.47 Å². The highest BCUT2D eigenvalue weighted by atomic mass is 32.2. The van der Waals surface area contributed by atoms with Crippen LogP contribution in [0.5, 0.6) is 11.5 Å². The highest BCUT2D eigenvalue weighted by Crippen LogP contribution is 2.30. The van der Waals surface area contributed by atoms with Crippen molar-refractivity contribution in [3.63, 3.8) is 0 Å². The van der Waals surface area contributed by atoms with E-state index in [1.165, 1.54) is 6.42 Å². The van der Waals surface area contributed by atoms with Gasteiger partial charge in [0, 0.05) is 51.0 Å². The number of amides is 1. The first-order valence-electron chi connectivity index (χ1n) is 11.3. The summed E-state index contributed by atoms with van der Waals surface area (Å²) in [6, 6.07) is 4.93. The zero-order valence-corrected chi connectivity index (χ0v) is 20.4. The van der Waals surface area contributed by atoms with E-state index >= 15 is 0 Å². The van der Waals surface area contributed by atoms with Gasteiger partial charge in [0.15, 0.2) is 11.5 Å². The number of hydrogen-bond donors (Lipinski definition) is 1. The number of ether oxygens (including phenoxy) is 2. The Labute approximate surface area is 191 Å². The van der Waals surface area contributed by atoms with Crippen molar-refractivity contribution in [2.75, 3.05) is 52.8 Å². The fraction of sp³-hybridized carbons (Fsp3) is 0.682. The molecule has 2 aliphatic rings. The molecule has 1 aliphatic heterocycles. The zero-order valence-electron chi connectivity index (χ0n) is 19.5. The summed E-state index contributed by atoms with van der Waals surface area (Å²) in [7, 11) is 1.33. The Balaban J connectivity index is 1.55. The van der Waals surface area contributed by atoms with E-state index < -0.39 is 10.2 Å². The fourth-order valence-electron chi connectivity index (χ4n) is 4.46. The number of methoxy groups -OCH3 is 2. The normalized spacial score (nSPS) is 20.2. The molecule has 1 aromatic rings. The smallest absolute Gasteiger partial charge is 0.282 e. The third kappa shape index (κ3) is 5.54. The van der Waals surface area contributed by atoms with Crippen LogP contribution in [0.1, 0.15) is 39.0 Å². The molecule has 32 heavy (non-hydrogen) atoms. The number of benzene rings is 1. The number of nitrogens with one attached hydrogen (secondary N) is 1. The molecule has 0 bridgehead atoms. The molecule has 0 spiro atoms. The van der Waals surface area contributed by atoms with Gasteiger partial charge in [0.25, 0.3) is 10.2 Å². The summed E-state index contributed by atoms with van der Waals surface area (Å²) < 4.78 is 39.8. The second-order valence-electron chi connectivity index (χ2n) is 8.49. The molecule has 2 fully saturated rings. The maximum atomic E-state index is 13.1. The molecule has 1 aliphatic carbocycles. The number of anilines is 1. The lowest BCUT2D eigenvalue weighted by molar-refractivity contribution is -0.121. The number of carbonyl (C=O) groups is 1. The minimum atomic E-state index is -3.48. The SMILES string of the molecule is COc1ccc(NC(=O)C(C)N2CCN(S(=O)(=O)N(C)C3CCCCC3)CC2)cc1OC. The lowest BCUT2D eigenvalue weighted by Gasteiger charge is -2.40. The summed E-state index contributed by atoms with van der Waals surface area (Å²) in [5.74, 6) is 0.987. The highest BCUT2D eigenvalue weighted by Gasteiger charge is 2.36. The summed E-state index contributed by atoms with van der Waals surface area (Å²) in [5.41, 5.74) is 0.620. The first-order valence-corrected chi connectivity index (χ1v) is 12.7. The van der Waals surface area contributed by atoms with Gasteiger partial charge in [-0.3, -0.25) is 9.69 Å². The van der Waals surface area contributed by atoms with Gasteiger partial charge in [0.2, 0.25) is 5.91 Å². The van der Waals surface area contributed by atoms with Crippen molar-refractivity contribution in [3.8, 4) is 11.5 Å². The van der Waals surface area contributed by atoms with Crippen LogP contribution < -0.4 is 14.8 Å². The molecule has 1 saturated carbocycles. The van der Waals surface area contributed by atoms with E-state index in [9.17, 15) is 13.2 Å². The van der Waals surface area contributed by atoms with Gasteiger partial charge in [0.1, 0.15) is 0 Å². The summed E-state index contributed by atoms with van der Waals surface area (Å²) in [6.45, 7) is 3.63. The second-order valence-corrected chi connectivity index (χ2v) is 10.5. The molecule has 0 aromatic heterocycles. The van der Waals surface area contributed by atoms with Crippen molar-refractivity contribution in [2.45, 2.75) is 51.1 Å². The summed E-state index contributed by atoms with van der Waals surface area (Å²) in [6.07, 6.45) is 5.23. The lowest BCUT2D eigenvalue weighted by Crippen LogP contribution is -2.57. The molecule has 10 heteroatoms. The van der Waals surface area contributed by atoms with Crippen molar-refractivity contribution in [1.82, 2.24) is 13.5 Å². The van der Waals surface area contributed by atoms with Crippen LogP contribution in [0.2, 0.25) is 0 Å². The minimum Gasteiger partial charge on any atom is -0.493 e. The molecule has 1 heterocycles. The van der Waals surface area contributed by atoms with Crippen LogP contribution in [0.4, 0.5) is 5.69 Å². The molecule has 1 N–H and O–H groups in total. The Morgan fingerprint density at radius 2 is 1.69 bits per heavy atom. The quantitative estimate of drug-likeness (QED) is 0.629. The van der Waals surface area contributed by atoms with Crippen molar-refractivity contribution in [3.05, 3.63) is 18.2 Å². The van der Waals surface area contributed by atoms with Crippen LogP contribution in [0.25, 0.3) is 0 Å². The lowest BCUT2D eigenvalue weighted by atomic mass is 9.96. The van der Waals surface area contributed by atoms with Gasteiger partial charge in [-0.15, -0.1) is 0 Å². The maximum absolute atomic E-state index is 13.1. The Kier molecular flexibility index (Phi) is 8.37. The van der Waals surface area contributed by atoms with Crippen LogP contribution in [0.15, 0.2) is 18.2 Å².